The van der Waals surface area contributed by atoms with Crippen molar-refractivity contribution in [2.75, 3.05) is 0 Å². The molecule has 2 rings (SSSR count). The number of hydrogen-bond acceptors (Lipinski definition) is 5. The second-order valence-electron chi connectivity index (χ2n) is 4.24. The van der Waals surface area contributed by atoms with Gasteiger partial charge in [0.05, 0.1) is 11.6 Å². The van der Waals surface area contributed by atoms with Crippen LogP contribution in [-0.4, -0.2) is 37.5 Å². The molecule has 0 aliphatic heterocycles. The number of aromatic carboxylic acids is 1. The average Bonchev–Trinajstić information content (AvgIpc) is 2.38. The van der Waals surface area contributed by atoms with Crippen LogP contribution in [0, 0.1) is 0 Å². The second-order valence-corrected chi connectivity index (χ2v) is 5.60. The minimum atomic E-state index is -1.16. The lowest BCUT2D eigenvalue weighted by Crippen LogP contribution is -2.16. The predicted molar refractivity (Wildman–Crippen MR) is 73.5 cm³/mol. The lowest BCUT2D eigenvalue weighted by molar-refractivity contribution is 0.0683. The first-order chi connectivity index (χ1) is 8.99. The fourth-order valence-corrected chi connectivity index (χ4v) is 2.50. The Balaban J connectivity index is 2.53. The molecule has 1 aromatic carbocycles. The van der Waals surface area contributed by atoms with Crippen LogP contribution in [0.2, 0.25) is 0 Å². The molecule has 0 radical (unpaired) electrons. The van der Waals surface area contributed by atoms with Gasteiger partial charge in [-0.3, -0.25) is 0 Å². The fourth-order valence-electron chi connectivity index (χ4n) is 1.51. The minimum Gasteiger partial charge on any atom is -0.475 e. The highest BCUT2D eigenvalue weighted by Crippen LogP contribution is 2.29. The minimum absolute atomic E-state index is 0.0834. The van der Waals surface area contributed by atoms with E-state index in [1.807, 2.05) is 19.1 Å². The lowest BCUT2D eigenvalue weighted by atomic mass is 10.2. The highest BCUT2D eigenvalue weighted by atomic mass is 32.2. The summed E-state index contributed by atoms with van der Waals surface area (Å²) in [5.41, 5.74) is 0.593. The number of carboxylic acid groups (broad SMARTS) is 1. The molecule has 0 aliphatic rings. The molecule has 0 bridgehead atoms. The number of para-hydroxylation sites is 1. The molecule has 2 N–H and O–H groups in total. The molecule has 0 amide bonds. The Hall–Kier alpha value is -1.66. The van der Waals surface area contributed by atoms with Gasteiger partial charge < -0.3 is 10.2 Å². The van der Waals surface area contributed by atoms with Crippen LogP contribution in [0.15, 0.2) is 29.3 Å². The fraction of sp³-hybridized carbons (Fsp3) is 0.308. The number of rotatable bonds is 4. The normalized spacial score (nSPS) is 14.3. The van der Waals surface area contributed by atoms with Crippen molar-refractivity contribution in [3.8, 4) is 0 Å². The van der Waals surface area contributed by atoms with Gasteiger partial charge in [0.2, 0.25) is 5.82 Å². The standard InChI is InChI=1S/C13H14N2O3S/c1-7(16)8(2)19-12-9-5-3-4-6-10(9)14-11(15-12)13(17)18/h3-8,16H,1-2H3,(H,17,18). The monoisotopic (exact) mass is 278 g/mol. The van der Waals surface area contributed by atoms with Crippen molar-refractivity contribution in [2.45, 2.75) is 30.2 Å². The summed E-state index contributed by atoms with van der Waals surface area (Å²) in [4.78, 5) is 19.1. The topological polar surface area (TPSA) is 83.3 Å². The number of hydrogen-bond donors (Lipinski definition) is 2. The van der Waals surface area contributed by atoms with E-state index in [4.69, 9.17) is 5.11 Å². The smallest absolute Gasteiger partial charge is 0.373 e. The molecule has 0 spiro atoms. The SMILES string of the molecule is CC(O)C(C)Sc1nc(C(=O)O)nc2ccccc12. The third kappa shape index (κ3) is 3.02. The van der Waals surface area contributed by atoms with Gasteiger partial charge in [0.15, 0.2) is 0 Å². The Kier molecular flexibility index (Phi) is 4.01. The number of carbonyl (C=O) groups is 1. The largest absolute Gasteiger partial charge is 0.475 e. The molecule has 19 heavy (non-hydrogen) atoms. The third-order valence-electron chi connectivity index (χ3n) is 2.74. The van der Waals surface area contributed by atoms with Crippen LogP contribution in [0.25, 0.3) is 10.9 Å². The maximum Gasteiger partial charge on any atom is 0.373 e. The molecule has 2 aromatic rings. The molecule has 1 aromatic heterocycles. The molecule has 1 heterocycles. The second kappa shape index (κ2) is 5.54. The Bertz CT molecular complexity index is 616. The summed E-state index contributed by atoms with van der Waals surface area (Å²) in [5.74, 6) is -1.38. The zero-order valence-corrected chi connectivity index (χ0v) is 11.4. The molecule has 100 valence electrons. The number of nitrogens with zero attached hydrogens (tertiary/aromatic N) is 2. The Morgan fingerprint density at radius 2 is 1.95 bits per heavy atom. The van der Waals surface area contributed by atoms with E-state index in [2.05, 4.69) is 9.97 Å². The van der Waals surface area contributed by atoms with Crippen LogP contribution in [-0.2, 0) is 0 Å². The first kappa shape index (κ1) is 13.8. The zero-order chi connectivity index (χ0) is 14.0. The lowest BCUT2D eigenvalue weighted by Gasteiger charge is -2.14. The molecule has 0 saturated carbocycles. The van der Waals surface area contributed by atoms with Crippen molar-refractivity contribution in [3.05, 3.63) is 30.1 Å². The molecule has 0 fully saturated rings. The van der Waals surface area contributed by atoms with Gasteiger partial charge in [0, 0.05) is 10.6 Å². The first-order valence-corrected chi connectivity index (χ1v) is 6.72. The van der Waals surface area contributed by atoms with E-state index in [1.54, 1.807) is 19.1 Å². The van der Waals surface area contributed by atoms with Gasteiger partial charge in [-0.1, -0.05) is 36.9 Å². The maximum atomic E-state index is 11.0. The Morgan fingerprint density at radius 3 is 2.58 bits per heavy atom. The van der Waals surface area contributed by atoms with E-state index in [-0.39, 0.29) is 11.1 Å². The first-order valence-electron chi connectivity index (χ1n) is 5.84. The summed E-state index contributed by atoms with van der Waals surface area (Å²) in [5, 5.41) is 19.9. The highest BCUT2D eigenvalue weighted by Gasteiger charge is 2.17. The van der Waals surface area contributed by atoms with Crippen LogP contribution >= 0.6 is 11.8 Å². The van der Waals surface area contributed by atoms with Crippen molar-refractivity contribution in [1.29, 1.82) is 0 Å². The summed E-state index contributed by atoms with van der Waals surface area (Å²) in [6, 6.07) is 7.25. The quantitative estimate of drug-likeness (QED) is 0.659. The summed E-state index contributed by atoms with van der Waals surface area (Å²) in [7, 11) is 0. The number of aliphatic hydroxyl groups is 1. The molecular weight excluding hydrogens is 264 g/mol. The van der Waals surface area contributed by atoms with Gasteiger partial charge in [0.1, 0.15) is 5.03 Å². The summed E-state index contributed by atoms with van der Waals surface area (Å²) < 4.78 is 0. The number of benzene rings is 1. The Morgan fingerprint density at radius 1 is 1.26 bits per heavy atom. The molecule has 0 aliphatic carbocycles. The summed E-state index contributed by atoms with van der Waals surface area (Å²) in [6.45, 7) is 3.56. The van der Waals surface area contributed by atoms with E-state index in [0.29, 0.717) is 10.5 Å². The molecule has 2 unspecified atom stereocenters. The number of aliphatic hydroxyl groups excluding tert-OH is 1. The van der Waals surface area contributed by atoms with Gasteiger partial charge in [0.25, 0.3) is 0 Å². The number of fused-ring (bicyclic) bond motifs is 1. The number of carboxylic acids is 1. The molecule has 0 saturated heterocycles. The van der Waals surface area contributed by atoms with E-state index >= 15 is 0 Å². The van der Waals surface area contributed by atoms with Crippen LogP contribution < -0.4 is 0 Å². The summed E-state index contributed by atoms with van der Waals surface area (Å²) >= 11 is 1.35. The van der Waals surface area contributed by atoms with Crippen LogP contribution in [0.4, 0.5) is 0 Å². The van der Waals surface area contributed by atoms with Gasteiger partial charge >= 0.3 is 5.97 Å². The van der Waals surface area contributed by atoms with E-state index in [9.17, 15) is 9.90 Å². The summed E-state index contributed by atoms with van der Waals surface area (Å²) in [6.07, 6.45) is -0.507. The van der Waals surface area contributed by atoms with Gasteiger partial charge in [-0.2, -0.15) is 0 Å². The van der Waals surface area contributed by atoms with Gasteiger partial charge in [-0.15, -0.1) is 0 Å². The van der Waals surface area contributed by atoms with Crippen molar-refractivity contribution < 1.29 is 15.0 Å². The van der Waals surface area contributed by atoms with Gasteiger partial charge in [-0.25, -0.2) is 14.8 Å². The van der Waals surface area contributed by atoms with Crippen molar-refractivity contribution in [2.24, 2.45) is 0 Å². The highest BCUT2D eigenvalue weighted by molar-refractivity contribution is 8.00. The van der Waals surface area contributed by atoms with E-state index < -0.39 is 12.1 Å². The van der Waals surface area contributed by atoms with E-state index in [0.717, 1.165) is 5.39 Å². The van der Waals surface area contributed by atoms with Crippen molar-refractivity contribution in [1.82, 2.24) is 9.97 Å². The Labute approximate surface area is 114 Å². The van der Waals surface area contributed by atoms with Crippen molar-refractivity contribution in [3.63, 3.8) is 0 Å². The predicted octanol–water partition coefficient (Wildman–Crippen LogP) is 2.19. The van der Waals surface area contributed by atoms with E-state index in [1.165, 1.54) is 11.8 Å². The number of thioether (sulfide) groups is 1. The third-order valence-corrected chi connectivity index (χ3v) is 4.04. The maximum absolute atomic E-state index is 11.0. The molecular formula is C13H14N2O3S. The zero-order valence-electron chi connectivity index (χ0n) is 10.6. The van der Waals surface area contributed by atoms with Gasteiger partial charge in [-0.05, 0) is 13.0 Å². The average molecular weight is 278 g/mol. The van der Waals surface area contributed by atoms with Crippen LogP contribution in [0.5, 0.6) is 0 Å². The molecule has 5 nitrogen and oxygen atoms in total. The van der Waals surface area contributed by atoms with Crippen LogP contribution in [0.1, 0.15) is 24.5 Å². The van der Waals surface area contributed by atoms with Crippen LogP contribution in [0.3, 0.4) is 0 Å². The van der Waals surface area contributed by atoms with Crippen molar-refractivity contribution >= 4 is 28.6 Å². The molecule has 6 heteroatoms. The molecule has 2 atom stereocenters. The number of aromatic nitrogens is 2.